The molecule has 0 saturated carbocycles. The van der Waals surface area contributed by atoms with Gasteiger partial charge in [0.1, 0.15) is 29.7 Å². The van der Waals surface area contributed by atoms with Crippen molar-refractivity contribution in [2.75, 3.05) is 48.5 Å². The van der Waals surface area contributed by atoms with Crippen molar-refractivity contribution in [1.82, 2.24) is 40.4 Å². The summed E-state index contributed by atoms with van der Waals surface area (Å²) >= 11 is 0. The maximum Gasteiger partial charge on any atom is 0.407 e. The van der Waals surface area contributed by atoms with E-state index in [0.717, 1.165) is 73.1 Å². The maximum absolute atomic E-state index is 13.5. The SMILES string of the molecule is CC(C)CC=O.CNC.COC(=O)NC(C(=O)N1CCCC1c1ncc(C#Cc2ccc(-c3ccc(-c4cnc([C@@H]5CCCN5C)[nH]4)cc3)c3c2C2CCC3O2)[nH]1)C(C)C.COC=O. The highest BCUT2D eigenvalue weighted by molar-refractivity contribution is 5.86. The van der Waals surface area contributed by atoms with Gasteiger partial charge in [0.25, 0.3) is 6.47 Å². The van der Waals surface area contributed by atoms with Crippen molar-refractivity contribution in [1.29, 1.82) is 0 Å². The summed E-state index contributed by atoms with van der Waals surface area (Å²) in [6.45, 7) is 9.95. The molecule has 5 atom stereocenters. The summed E-state index contributed by atoms with van der Waals surface area (Å²) in [5.41, 5.74) is 8.64. The summed E-state index contributed by atoms with van der Waals surface area (Å²) in [7, 11) is 8.53. The molecule has 0 radical (unpaired) electrons. The van der Waals surface area contributed by atoms with Gasteiger partial charge in [0.15, 0.2) is 0 Å². The number of methoxy groups -OCH3 is 2. The molecule has 4 aliphatic rings. The van der Waals surface area contributed by atoms with Crippen LogP contribution in [-0.2, 0) is 28.6 Å². The molecule has 3 saturated heterocycles. The molecule has 344 valence electrons. The third-order valence-electron chi connectivity index (χ3n) is 11.7. The number of carbonyl (C=O) groups is 4. The highest BCUT2D eigenvalue weighted by Crippen LogP contribution is 2.54. The summed E-state index contributed by atoms with van der Waals surface area (Å²) in [4.78, 5) is 64.5. The number of aldehydes is 1. The van der Waals surface area contributed by atoms with E-state index < -0.39 is 12.1 Å². The number of H-pyrrole nitrogens is 2. The van der Waals surface area contributed by atoms with Crippen LogP contribution in [0.4, 0.5) is 4.79 Å². The van der Waals surface area contributed by atoms with Gasteiger partial charge in [0.2, 0.25) is 5.91 Å². The van der Waals surface area contributed by atoms with E-state index in [-0.39, 0.29) is 30.1 Å². The molecule has 4 aromatic rings. The topological polar surface area (TPSA) is 184 Å². The minimum atomic E-state index is -0.680. The number of imidazole rings is 2. The molecular formula is C49H66N8O7. The van der Waals surface area contributed by atoms with Crippen LogP contribution in [0.15, 0.2) is 48.8 Å². The number of alkyl carbamates (subject to hydrolysis) is 1. The Balaban J connectivity index is 0.000000525. The van der Waals surface area contributed by atoms with Crippen molar-refractivity contribution < 1.29 is 33.4 Å². The van der Waals surface area contributed by atoms with Gasteiger partial charge in [-0.05, 0) is 112 Å². The lowest BCUT2D eigenvalue weighted by molar-refractivity contribution is -0.135. The van der Waals surface area contributed by atoms with E-state index in [9.17, 15) is 14.4 Å². The fraction of sp³-hybridized carbons (Fsp3) is 0.510. The first-order valence-electron chi connectivity index (χ1n) is 22.3. The number of nitrogens with one attached hydrogen (secondary N) is 4. The van der Waals surface area contributed by atoms with E-state index in [1.54, 1.807) is 6.20 Å². The number of fused-ring (bicyclic) bond motifs is 5. The molecule has 8 rings (SSSR count). The van der Waals surface area contributed by atoms with E-state index in [1.165, 1.54) is 37.3 Å². The Morgan fingerprint density at radius 1 is 0.859 bits per heavy atom. The van der Waals surface area contributed by atoms with Crippen LogP contribution in [0, 0.1) is 23.7 Å². The molecule has 2 amide bonds. The summed E-state index contributed by atoms with van der Waals surface area (Å²) in [6, 6.07) is 12.5. The van der Waals surface area contributed by atoms with Gasteiger partial charge >= 0.3 is 6.09 Å². The molecule has 0 spiro atoms. The molecule has 3 fully saturated rings. The maximum atomic E-state index is 13.5. The molecule has 15 heteroatoms. The first-order valence-corrected chi connectivity index (χ1v) is 22.3. The van der Waals surface area contributed by atoms with Crippen molar-refractivity contribution in [3.05, 3.63) is 82.8 Å². The van der Waals surface area contributed by atoms with E-state index >= 15 is 0 Å². The second-order valence-electron chi connectivity index (χ2n) is 17.2. The fourth-order valence-electron chi connectivity index (χ4n) is 8.58. The minimum absolute atomic E-state index is 0.0496. The summed E-state index contributed by atoms with van der Waals surface area (Å²) in [5.74, 6) is 8.78. The Morgan fingerprint density at radius 3 is 2.08 bits per heavy atom. The molecule has 6 heterocycles. The summed E-state index contributed by atoms with van der Waals surface area (Å²) < 4.78 is 15.1. The molecule has 0 aliphatic carbocycles. The van der Waals surface area contributed by atoms with E-state index in [4.69, 9.17) is 19.3 Å². The number of hydrogen-bond donors (Lipinski definition) is 4. The largest absolute Gasteiger partial charge is 0.471 e. The monoisotopic (exact) mass is 879 g/mol. The first kappa shape index (κ1) is 49.2. The minimum Gasteiger partial charge on any atom is -0.471 e. The Hall–Kier alpha value is -5.82. The highest BCUT2D eigenvalue weighted by Gasteiger charge is 2.41. The normalized spacial score (nSPS) is 19.8. The average molecular weight is 879 g/mol. The molecule has 2 aromatic carbocycles. The van der Waals surface area contributed by atoms with Crippen molar-refractivity contribution in [3.63, 3.8) is 0 Å². The van der Waals surface area contributed by atoms with E-state index in [0.29, 0.717) is 42.9 Å². The standard InChI is InChI=1S/C40H45N7O4.C5H10O.C2H7N.C2H4O2/c1-23(2)36(45-40(49)50-4)39(48)47-20-6-8-31(47)38-41-21-27(43-38)15-13-26-14-16-28(35-33-18-17-32(51-33)34(26)35)24-9-11-25(12-10-24)29-22-42-37(44-29)30-7-5-19-46(30)3;1-5(2)3-4-6;1-3-2;1-4-2-3/h9-12,14,16,21-23,30-33,36H,5-8,17-20H2,1-4H3,(H,41,43)(H,42,44)(H,45,49);4-5H,3H2,1-2H3;3H,1-2H3;2H,1H3/t30-,31?,32?,33?,36?;;;/m0.../s1. The number of benzene rings is 2. The van der Waals surface area contributed by atoms with E-state index in [1.807, 2.05) is 52.9 Å². The summed E-state index contributed by atoms with van der Waals surface area (Å²) in [6.07, 6.45) is 10.8. The molecule has 2 aromatic heterocycles. The Labute approximate surface area is 377 Å². The molecule has 4 unspecified atom stereocenters. The van der Waals surface area contributed by atoms with Crippen molar-refractivity contribution >= 4 is 24.8 Å². The summed E-state index contributed by atoms with van der Waals surface area (Å²) in [5, 5.41) is 5.45. The van der Waals surface area contributed by atoms with Crippen molar-refractivity contribution in [2.24, 2.45) is 11.8 Å². The molecule has 15 nitrogen and oxygen atoms in total. The number of carbonyl (C=O) groups excluding carboxylic acids is 4. The van der Waals surface area contributed by atoms with Crippen molar-refractivity contribution in [3.8, 4) is 34.2 Å². The zero-order valence-corrected chi connectivity index (χ0v) is 38.8. The van der Waals surface area contributed by atoms with Gasteiger partial charge in [-0.25, -0.2) is 14.8 Å². The van der Waals surface area contributed by atoms with Crippen LogP contribution in [0.25, 0.3) is 22.4 Å². The van der Waals surface area contributed by atoms with Crippen LogP contribution in [0.2, 0.25) is 0 Å². The van der Waals surface area contributed by atoms with Crippen LogP contribution < -0.4 is 10.6 Å². The lowest BCUT2D eigenvalue weighted by atomic mass is 9.83. The molecular weight excluding hydrogens is 813 g/mol. The van der Waals surface area contributed by atoms with Gasteiger partial charge in [-0.1, -0.05) is 63.9 Å². The number of likely N-dealkylation sites (tertiary alicyclic amines) is 2. The molecule has 4 aliphatic heterocycles. The van der Waals surface area contributed by atoms with Gasteiger partial charge in [-0.15, -0.1) is 0 Å². The van der Waals surface area contributed by atoms with Gasteiger partial charge < -0.3 is 44.5 Å². The molecule has 64 heavy (non-hydrogen) atoms. The number of nitrogens with zero attached hydrogens (tertiary/aromatic N) is 4. The quantitative estimate of drug-likeness (QED) is 0.0918. The molecule has 2 bridgehead atoms. The Morgan fingerprint density at radius 2 is 1.48 bits per heavy atom. The number of rotatable bonds is 10. The predicted molar refractivity (Wildman–Crippen MR) is 246 cm³/mol. The van der Waals surface area contributed by atoms with Crippen LogP contribution in [0.5, 0.6) is 0 Å². The number of amides is 2. The molecule has 4 N–H and O–H groups in total. The van der Waals surface area contributed by atoms with Gasteiger partial charge in [-0.2, -0.15) is 0 Å². The van der Waals surface area contributed by atoms with Crippen LogP contribution in [-0.4, -0.2) is 109 Å². The first-order chi connectivity index (χ1) is 30.9. The van der Waals surface area contributed by atoms with Crippen molar-refractivity contribution in [2.45, 2.75) is 103 Å². The fourth-order valence-corrected chi connectivity index (χ4v) is 8.58. The number of aromatic amines is 2. The number of hydrogen-bond acceptors (Lipinski definition) is 11. The lowest BCUT2D eigenvalue weighted by Gasteiger charge is -2.29. The third-order valence-corrected chi connectivity index (χ3v) is 11.7. The zero-order valence-electron chi connectivity index (χ0n) is 38.8. The number of aromatic nitrogens is 4. The van der Waals surface area contributed by atoms with E-state index in [2.05, 4.69) is 90.5 Å². The lowest BCUT2D eigenvalue weighted by Crippen LogP contribution is -2.51. The van der Waals surface area contributed by atoms with Crippen LogP contribution >= 0.6 is 0 Å². The average Bonchev–Trinajstić information content (AvgIpc) is 4.16. The van der Waals surface area contributed by atoms with Gasteiger partial charge in [0, 0.05) is 24.1 Å². The van der Waals surface area contributed by atoms with Gasteiger partial charge in [-0.3, -0.25) is 14.5 Å². The van der Waals surface area contributed by atoms with Gasteiger partial charge in [0.05, 0.1) is 56.6 Å². The number of ether oxygens (including phenoxy) is 3. The highest BCUT2D eigenvalue weighted by atomic mass is 16.5. The van der Waals surface area contributed by atoms with Crippen LogP contribution in [0.1, 0.15) is 131 Å². The Bertz CT molecular complexity index is 2220. The second kappa shape index (κ2) is 23.7. The smallest absolute Gasteiger partial charge is 0.407 e. The zero-order chi connectivity index (χ0) is 46.3. The third kappa shape index (κ3) is 12.0. The van der Waals surface area contributed by atoms with Crippen LogP contribution in [0.3, 0.4) is 0 Å². The Kier molecular flexibility index (Phi) is 18.3. The predicted octanol–water partition coefficient (Wildman–Crippen LogP) is 7.44. The second-order valence-corrected chi connectivity index (χ2v) is 17.2.